The van der Waals surface area contributed by atoms with Crippen molar-refractivity contribution in [3.05, 3.63) is 52.8 Å². The second kappa shape index (κ2) is 6.53. The summed E-state index contributed by atoms with van der Waals surface area (Å²) in [6, 6.07) is 10.4. The first kappa shape index (κ1) is 13.8. The number of rotatable bonds is 6. The number of aliphatic hydroxyl groups excluding tert-OH is 1. The van der Waals surface area contributed by atoms with E-state index in [2.05, 4.69) is 47.9 Å². The predicted octanol–water partition coefficient (Wildman–Crippen LogP) is 2.74. The van der Waals surface area contributed by atoms with E-state index in [0.717, 1.165) is 37.1 Å². The molecule has 1 aromatic heterocycles. The molecule has 1 heterocycles. The number of aromatic nitrogens is 2. The van der Waals surface area contributed by atoms with E-state index in [1.165, 1.54) is 11.3 Å². The molecule has 0 radical (unpaired) electrons. The van der Waals surface area contributed by atoms with Gasteiger partial charge in [0, 0.05) is 17.8 Å². The van der Waals surface area contributed by atoms with Crippen LogP contribution in [0.4, 0.5) is 0 Å². The SMILES string of the molecule is CCc1nn(CCc2ccccc2)c(CC)c1CO. The minimum atomic E-state index is 0.0949. The van der Waals surface area contributed by atoms with E-state index in [0.29, 0.717) is 0 Å². The fourth-order valence-corrected chi connectivity index (χ4v) is 2.52. The van der Waals surface area contributed by atoms with Gasteiger partial charge in [-0.1, -0.05) is 44.2 Å². The topological polar surface area (TPSA) is 38.0 Å². The summed E-state index contributed by atoms with van der Waals surface area (Å²) in [5.74, 6) is 0. The largest absolute Gasteiger partial charge is 0.392 e. The molecule has 2 aromatic rings. The first-order valence-electron chi connectivity index (χ1n) is 7.02. The Morgan fingerprint density at radius 3 is 2.42 bits per heavy atom. The highest BCUT2D eigenvalue weighted by atomic mass is 16.3. The van der Waals surface area contributed by atoms with Gasteiger partial charge in [-0.3, -0.25) is 4.68 Å². The Balaban J connectivity index is 2.18. The molecule has 1 aromatic carbocycles. The fraction of sp³-hybridized carbons (Fsp3) is 0.438. The van der Waals surface area contributed by atoms with Crippen LogP contribution in [-0.4, -0.2) is 14.9 Å². The van der Waals surface area contributed by atoms with Gasteiger partial charge in [-0.25, -0.2) is 0 Å². The molecule has 1 N–H and O–H groups in total. The summed E-state index contributed by atoms with van der Waals surface area (Å²) in [5, 5.41) is 14.1. The Morgan fingerprint density at radius 1 is 1.11 bits per heavy atom. The first-order valence-corrected chi connectivity index (χ1v) is 7.02. The summed E-state index contributed by atoms with van der Waals surface area (Å²) in [6.07, 6.45) is 2.77. The molecule has 3 heteroatoms. The van der Waals surface area contributed by atoms with Crippen molar-refractivity contribution in [2.45, 2.75) is 46.3 Å². The maximum Gasteiger partial charge on any atom is 0.0718 e. The quantitative estimate of drug-likeness (QED) is 0.865. The van der Waals surface area contributed by atoms with Crippen molar-refractivity contribution < 1.29 is 5.11 Å². The third kappa shape index (κ3) is 3.04. The Hall–Kier alpha value is -1.61. The van der Waals surface area contributed by atoms with Gasteiger partial charge in [-0.2, -0.15) is 5.10 Å². The van der Waals surface area contributed by atoms with E-state index in [1.807, 2.05) is 6.07 Å². The van der Waals surface area contributed by atoms with Gasteiger partial charge >= 0.3 is 0 Å². The molecule has 102 valence electrons. The molecule has 0 fully saturated rings. The number of hydrogen-bond donors (Lipinski definition) is 1. The van der Waals surface area contributed by atoms with Gasteiger partial charge in [-0.05, 0) is 24.8 Å². The van der Waals surface area contributed by atoms with Crippen molar-refractivity contribution >= 4 is 0 Å². The zero-order chi connectivity index (χ0) is 13.7. The third-order valence-electron chi connectivity index (χ3n) is 3.53. The van der Waals surface area contributed by atoms with Crippen molar-refractivity contribution in [3.63, 3.8) is 0 Å². The van der Waals surface area contributed by atoms with Gasteiger partial charge in [0.15, 0.2) is 0 Å². The maximum atomic E-state index is 9.51. The third-order valence-corrected chi connectivity index (χ3v) is 3.53. The number of nitrogens with zero attached hydrogens (tertiary/aromatic N) is 2. The van der Waals surface area contributed by atoms with E-state index >= 15 is 0 Å². The van der Waals surface area contributed by atoms with Crippen molar-refractivity contribution in [2.24, 2.45) is 0 Å². The van der Waals surface area contributed by atoms with Crippen molar-refractivity contribution in [2.75, 3.05) is 0 Å². The lowest BCUT2D eigenvalue weighted by Crippen LogP contribution is -2.07. The molecule has 0 spiro atoms. The summed E-state index contributed by atoms with van der Waals surface area (Å²) in [6.45, 7) is 5.18. The summed E-state index contributed by atoms with van der Waals surface area (Å²) < 4.78 is 2.07. The Labute approximate surface area is 114 Å². The number of hydrogen-bond acceptors (Lipinski definition) is 2. The molecule has 19 heavy (non-hydrogen) atoms. The van der Waals surface area contributed by atoms with Gasteiger partial charge < -0.3 is 5.11 Å². The van der Waals surface area contributed by atoms with Crippen LogP contribution in [0.1, 0.15) is 36.4 Å². The van der Waals surface area contributed by atoms with Crippen LogP contribution in [0.2, 0.25) is 0 Å². The van der Waals surface area contributed by atoms with E-state index < -0.39 is 0 Å². The highest BCUT2D eigenvalue weighted by molar-refractivity contribution is 5.26. The molecule has 0 aliphatic heterocycles. The van der Waals surface area contributed by atoms with E-state index in [1.54, 1.807) is 0 Å². The lowest BCUT2D eigenvalue weighted by molar-refractivity contribution is 0.279. The molecule has 3 nitrogen and oxygen atoms in total. The molecule has 0 bridgehead atoms. The van der Waals surface area contributed by atoms with Crippen LogP contribution in [0.5, 0.6) is 0 Å². The summed E-state index contributed by atoms with van der Waals surface area (Å²) in [5.41, 5.74) is 4.56. The van der Waals surface area contributed by atoms with Gasteiger partial charge in [0.25, 0.3) is 0 Å². The van der Waals surface area contributed by atoms with Gasteiger partial charge in [0.2, 0.25) is 0 Å². The molecule has 0 aliphatic carbocycles. The first-order chi connectivity index (χ1) is 9.30. The average Bonchev–Trinajstić information content (AvgIpc) is 2.82. The summed E-state index contributed by atoms with van der Waals surface area (Å²) in [7, 11) is 0. The highest BCUT2D eigenvalue weighted by Gasteiger charge is 2.14. The minimum absolute atomic E-state index is 0.0949. The lowest BCUT2D eigenvalue weighted by Gasteiger charge is -2.07. The Morgan fingerprint density at radius 2 is 1.84 bits per heavy atom. The zero-order valence-electron chi connectivity index (χ0n) is 11.8. The molecule has 0 amide bonds. The van der Waals surface area contributed by atoms with Crippen LogP contribution in [-0.2, 0) is 32.4 Å². The number of benzene rings is 1. The molecule has 2 rings (SSSR count). The minimum Gasteiger partial charge on any atom is -0.392 e. The zero-order valence-corrected chi connectivity index (χ0v) is 11.8. The van der Waals surface area contributed by atoms with Crippen LogP contribution < -0.4 is 0 Å². The summed E-state index contributed by atoms with van der Waals surface area (Å²) in [4.78, 5) is 0. The van der Waals surface area contributed by atoms with Crippen LogP contribution in [0.3, 0.4) is 0 Å². The van der Waals surface area contributed by atoms with E-state index in [-0.39, 0.29) is 6.61 Å². The fourth-order valence-electron chi connectivity index (χ4n) is 2.52. The number of aliphatic hydroxyl groups is 1. The second-order valence-corrected chi connectivity index (χ2v) is 4.70. The molecule has 0 unspecified atom stereocenters. The Kier molecular flexibility index (Phi) is 4.74. The lowest BCUT2D eigenvalue weighted by atomic mass is 10.1. The highest BCUT2D eigenvalue weighted by Crippen LogP contribution is 2.17. The molecule has 0 saturated heterocycles. The molecule has 0 saturated carbocycles. The van der Waals surface area contributed by atoms with Crippen LogP contribution in [0.15, 0.2) is 30.3 Å². The van der Waals surface area contributed by atoms with Gasteiger partial charge in [0.05, 0.1) is 12.3 Å². The molecule has 0 atom stereocenters. The average molecular weight is 258 g/mol. The van der Waals surface area contributed by atoms with Gasteiger partial charge in [-0.15, -0.1) is 0 Å². The number of aryl methyl sites for hydroxylation is 3. The van der Waals surface area contributed by atoms with Crippen molar-refractivity contribution in [3.8, 4) is 0 Å². The van der Waals surface area contributed by atoms with Crippen molar-refractivity contribution in [1.82, 2.24) is 9.78 Å². The normalized spacial score (nSPS) is 10.9. The monoisotopic (exact) mass is 258 g/mol. The maximum absolute atomic E-state index is 9.51. The summed E-state index contributed by atoms with van der Waals surface area (Å²) >= 11 is 0. The van der Waals surface area contributed by atoms with Crippen LogP contribution in [0, 0.1) is 0 Å². The Bertz CT molecular complexity index is 517. The van der Waals surface area contributed by atoms with E-state index in [9.17, 15) is 5.11 Å². The molecular weight excluding hydrogens is 236 g/mol. The van der Waals surface area contributed by atoms with Crippen LogP contribution >= 0.6 is 0 Å². The predicted molar refractivity (Wildman–Crippen MR) is 77.1 cm³/mol. The van der Waals surface area contributed by atoms with Crippen LogP contribution in [0.25, 0.3) is 0 Å². The van der Waals surface area contributed by atoms with E-state index in [4.69, 9.17) is 0 Å². The molecule has 0 aliphatic rings. The molecular formula is C16H22N2O. The standard InChI is InChI=1S/C16H22N2O/c1-3-15-14(12-19)16(4-2)18(17-15)11-10-13-8-6-5-7-9-13/h5-9,19H,3-4,10-12H2,1-2H3. The van der Waals surface area contributed by atoms with Crippen molar-refractivity contribution in [1.29, 1.82) is 0 Å². The smallest absolute Gasteiger partial charge is 0.0718 e. The van der Waals surface area contributed by atoms with Gasteiger partial charge in [0.1, 0.15) is 0 Å². The second-order valence-electron chi connectivity index (χ2n) is 4.70.